The lowest BCUT2D eigenvalue weighted by Crippen LogP contribution is -2.31. The van der Waals surface area contributed by atoms with Gasteiger partial charge in [-0.15, -0.1) is 0 Å². The number of aromatic nitrogens is 3. The van der Waals surface area contributed by atoms with Gasteiger partial charge in [-0.3, -0.25) is 9.89 Å². The number of rotatable bonds is 3. The van der Waals surface area contributed by atoms with Gasteiger partial charge in [-0.25, -0.2) is 13.8 Å². The Morgan fingerprint density at radius 3 is 2.79 bits per heavy atom. The van der Waals surface area contributed by atoms with Crippen molar-refractivity contribution in [1.29, 1.82) is 0 Å². The maximum absolute atomic E-state index is 13.6. The fourth-order valence-electron chi connectivity index (χ4n) is 1.69. The summed E-state index contributed by atoms with van der Waals surface area (Å²) in [6.07, 6.45) is 1.20. The van der Waals surface area contributed by atoms with Crippen molar-refractivity contribution in [2.75, 3.05) is 7.05 Å². The number of nitrogens with zero attached hydrogens (tertiary/aromatic N) is 3. The number of benzene rings is 1. The van der Waals surface area contributed by atoms with Gasteiger partial charge in [0.05, 0.1) is 6.04 Å². The lowest BCUT2D eigenvalue weighted by molar-refractivity contribution is 0.0728. The smallest absolute Gasteiger partial charge is 0.291 e. The Labute approximate surface area is 108 Å². The van der Waals surface area contributed by atoms with Crippen LogP contribution in [0.15, 0.2) is 24.5 Å². The first-order valence-corrected chi connectivity index (χ1v) is 5.58. The number of nitrogens with one attached hydrogen (secondary N) is 1. The van der Waals surface area contributed by atoms with Crippen molar-refractivity contribution in [3.05, 3.63) is 47.5 Å². The van der Waals surface area contributed by atoms with Crippen LogP contribution in [0.2, 0.25) is 0 Å². The first-order chi connectivity index (χ1) is 9.00. The Hall–Kier alpha value is -2.31. The molecule has 1 atom stereocenters. The van der Waals surface area contributed by atoms with E-state index in [9.17, 15) is 13.6 Å². The number of halogens is 2. The third-order valence-electron chi connectivity index (χ3n) is 2.93. The zero-order valence-electron chi connectivity index (χ0n) is 10.4. The van der Waals surface area contributed by atoms with E-state index < -0.39 is 23.6 Å². The molecular formula is C12H12F2N4O. The summed E-state index contributed by atoms with van der Waals surface area (Å²) in [7, 11) is 1.49. The molecule has 0 saturated heterocycles. The minimum absolute atomic E-state index is 0.0474. The molecule has 0 radical (unpaired) electrons. The van der Waals surface area contributed by atoms with E-state index in [4.69, 9.17) is 0 Å². The predicted octanol–water partition coefficient (Wildman–Crippen LogP) is 1.92. The normalized spacial score (nSPS) is 12.2. The first-order valence-electron chi connectivity index (χ1n) is 5.58. The van der Waals surface area contributed by atoms with Gasteiger partial charge in [-0.2, -0.15) is 5.10 Å². The number of H-pyrrole nitrogens is 1. The summed E-state index contributed by atoms with van der Waals surface area (Å²) in [4.78, 5) is 17.0. The van der Waals surface area contributed by atoms with Crippen molar-refractivity contribution in [1.82, 2.24) is 20.1 Å². The number of carbonyl (C=O) groups is 1. The van der Waals surface area contributed by atoms with Crippen LogP contribution in [-0.2, 0) is 0 Å². The topological polar surface area (TPSA) is 61.9 Å². The predicted molar refractivity (Wildman–Crippen MR) is 63.2 cm³/mol. The van der Waals surface area contributed by atoms with Crippen molar-refractivity contribution in [2.45, 2.75) is 13.0 Å². The van der Waals surface area contributed by atoms with Crippen molar-refractivity contribution in [3.8, 4) is 0 Å². The largest absolute Gasteiger partial charge is 0.332 e. The lowest BCUT2D eigenvalue weighted by atomic mass is 10.1. The molecule has 1 N–H and O–H groups in total. The van der Waals surface area contributed by atoms with Gasteiger partial charge in [-0.05, 0) is 25.1 Å². The third kappa shape index (κ3) is 2.59. The Morgan fingerprint density at radius 2 is 2.16 bits per heavy atom. The molecule has 5 nitrogen and oxygen atoms in total. The fourth-order valence-corrected chi connectivity index (χ4v) is 1.69. The van der Waals surface area contributed by atoms with Crippen LogP contribution in [0.1, 0.15) is 29.1 Å². The highest BCUT2D eigenvalue weighted by Gasteiger charge is 2.23. The number of carbonyl (C=O) groups excluding carboxylic acids is 1. The zero-order chi connectivity index (χ0) is 14.0. The van der Waals surface area contributed by atoms with Crippen LogP contribution >= 0.6 is 0 Å². The number of hydrogen-bond acceptors (Lipinski definition) is 3. The minimum atomic E-state index is -0.631. The Morgan fingerprint density at radius 1 is 1.42 bits per heavy atom. The van der Waals surface area contributed by atoms with Gasteiger partial charge in [0.15, 0.2) is 0 Å². The van der Waals surface area contributed by atoms with Gasteiger partial charge < -0.3 is 4.90 Å². The molecule has 2 rings (SSSR count). The van der Waals surface area contributed by atoms with Gasteiger partial charge in [0, 0.05) is 12.6 Å². The Bertz CT molecular complexity index is 585. The molecule has 0 fully saturated rings. The molecule has 0 aliphatic carbocycles. The van der Waals surface area contributed by atoms with Crippen molar-refractivity contribution < 1.29 is 13.6 Å². The van der Waals surface area contributed by atoms with Crippen LogP contribution in [0, 0.1) is 11.6 Å². The summed E-state index contributed by atoms with van der Waals surface area (Å²) < 4.78 is 26.8. The molecule has 100 valence electrons. The van der Waals surface area contributed by atoms with E-state index in [1.165, 1.54) is 18.3 Å². The van der Waals surface area contributed by atoms with E-state index in [1.54, 1.807) is 6.92 Å². The Balaban J connectivity index is 2.26. The summed E-state index contributed by atoms with van der Waals surface area (Å²) in [5.41, 5.74) is 0.107. The van der Waals surface area contributed by atoms with Crippen LogP contribution in [-0.4, -0.2) is 33.0 Å². The van der Waals surface area contributed by atoms with E-state index >= 15 is 0 Å². The lowest BCUT2D eigenvalue weighted by Gasteiger charge is -2.24. The second kappa shape index (κ2) is 5.13. The minimum Gasteiger partial charge on any atom is -0.332 e. The molecule has 19 heavy (non-hydrogen) atoms. The average Bonchev–Trinajstić information content (AvgIpc) is 2.93. The molecule has 0 bridgehead atoms. The highest BCUT2D eigenvalue weighted by molar-refractivity contribution is 5.90. The highest BCUT2D eigenvalue weighted by atomic mass is 19.1. The van der Waals surface area contributed by atoms with Crippen molar-refractivity contribution in [3.63, 3.8) is 0 Å². The molecule has 2 aromatic rings. The van der Waals surface area contributed by atoms with E-state index in [-0.39, 0.29) is 11.4 Å². The van der Waals surface area contributed by atoms with Crippen LogP contribution in [0.5, 0.6) is 0 Å². The number of amides is 1. The van der Waals surface area contributed by atoms with E-state index in [0.29, 0.717) is 0 Å². The zero-order valence-corrected chi connectivity index (χ0v) is 10.4. The van der Waals surface area contributed by atoms with Gasteiger partial charge in [0.25, 0.3) is 5.91 Å². The molecule has 1 unspecified atom stereocenters. The summed E-state index contributed by atoms with van der Waals surface area (Å²) in [6.45, 7) is 1.60. The molecule has 0 spiro atoms. The van der Waals surface area contributed by atoms with E-state index in [1.807, 2.05) is 0 Å². The van der Waals surface area contributed by atoms with Gasteiger partial charge in [0.2, 0.25) is 5.82 Å². The highest BCUT2D eigenvalue weighted by Crippen LogP contribution is 2.23. The summed E-state index contributed by atoms with van der Waals surface area (Å²) in [5, 5.41) is 6.00. The number of aromatic amines is 1. The SMILES string of the molecule is CC(c1cc(F)ccc1F)N(C)C(=O)c1ncn[nH]1. The molecule has 0 aliphatic heterocycles. The summed E-state index contributed by atoms with van der Waals surface area (Å²) in [6, 6.07) is 2.51. The maximum Gasteiger partial charge on any atom is 0.291 e. The van der Waals surface area contributed by atoms with E-state index in [2.05, 4.69) is 15.2 Å². The van der Waals surface area contributed by atoms with Crippen LogP contribution in [0.25, 0.3) is 0 Å². The third-order valence-corrected chi connectivity index (χ3v) is 2.93. The Kier molecular flexibility index (Phi) is 3.55. The average molecular weight is 266 g/mol. The van der Waals surface area contributed by atoms with Crippen LogP contribution in [0.4, 0.5) is 8.78 Å². The summed E-state index contributed by atoms with van der Waals surface area (Å²) >= 11 is 0. The molecule has 0 aliphatic rings. The monoisotopic (exact) mass is 266 g/mol. The molecule has 1 aromatic carbocycles. The maximum atomic E-state index is 13.6. The molecule has 1 amide bonds. The quantitative estimate of drug-likeness (QED) is 0.923. The fraction of sp³-hybridized carbons (Fsp3) is 0.250. The summed E-state index contributed by atoms with van der Waals surface area (Å²) in [5.74, 6) is -1.52. The molecule has 7 heteroatoms. The molecular weight excluding hydrogens is 254 g/mol. The standard InChI is InChI=1S/C12H12F2N4O/c1-7(9-5-8(13)3-4-10(9)14)18(2)12(19)11-15-6-16-17-11/h3-7H,1-2H3,(H,15,16,17). The van der Waals surface area contributed by atoms with Gasteiger partial charge in [-0.1, -0.05) is 0 Å². The second-order valence-electron chi connectivity index (χ2n) is 4.09. The van der Waals surface area contributed by atoms with Gasteiger partial charge in [0.1, 0.15) is 18.0 Å². The van der Waals surface area contributed by atoms with Crippen LogP contribution < -0.4 is 0 Å². The van der Waals surface area contributed by atoms with Crippen LogP contribution in [0.3, 0.4) is 0 Å². The van der Waals surface area contributed by atoms with Crippen molar-refractivity contribution >= 4 is 5.91 Å². The number of hydrogen-bond donors (Lipinski definition) is 1. The van der Waals surface area contributed by atoms with Gasteiger partial charge >= 0.3 is 0 Å². The van der Waals surface area contributed by atoms with E-state index in [0.717, 1.165) is 18.2 Å². The first kappa shape index (κ1) is 13.1. The molecule has 1 aromatic heterocycles. The molecule has 0 saturated carbocycles. The van der Waals surface area contributed by atoms with Crippen molar-refractivity contribution in [2.24, 2.45) is 0 Å². The molecule has 1 heterocycles. The second-order valence-corrected chi connectivity index (χ2v) is 4.09.